The number of nitrogens with one attached hydrogen (secondary N) is 1. The number of methoxy groups -OCH3 is 2. The molecule has 24 heavy (non-hydrogen) atoms. The van der Waals surface area contributed by atoms with Gasteiger partial charge in [0.25, 0.3) is 0 Å². The number of carbonyl (C=O) groups is 1. The quantitative estimate of drug-likeness (QED) is 0.628. The molecule has 0 aromatic heterocycles. The maximum absolute atomic E-state index is 11.9. The molecule has 0 unspecified atom stereocenters. The number of hydrogen-bond donors (Lipinski definition) is 1. The Balaban J connectivity index is 1.91. The second-order valence-electron chi connectivity index (χ2n) is 5.25. The molecule has 2 rings (SSSR count). The second kappa shape index (κ2) is 8.72. The molecule has 0 saturated carbocycles. The molecule has 0 saturated heterocycles. The van der Waals surface area contributed by atoms with Crippen LogP contribution in [0.2, 0.25) is 0 Å². The maximum atomic E-state index is 11.9. The summed E-state index contributed by atoms with van der Waals surface area (Å²) in [7, 11) is 3.16. The summed E-state index contributed by atoms with van der Waals surface area (Å²) in [6.07, 6.45) is 2.86. The van der Waals surface area contributed by atoms with Crippen molar-refractivity contribution in [3.63, 3.8) is 0 Å². The Bertz CT molecular complexity index is 709. The minimum absolute atomic E-state index is 0.157. The summed E-state index contributed by atoms with van der Waals surface area (Å²) < 4.78 is 10.4. The fourth-order valence-corrected chi connectivity index (χ4v) is 2.23. The van der Waals surface area contributed by atoms with Gasteiger partial charge in [0.15, 0.2) is 11.5 Å². The van der Waals surface area contributed by atoms with Gasteiger partial charge in [-0.05, 0) is 41.3 Å². The van der Waals surface area contributed by atoms with Gasteiger partial charge in [-0.3, -0.25) is 4.79 Å². The molecule has 0 radical (unpaired) electrons. The van der Waals surface area contributed by atoms with Gasteiger partial charge in [-0.25, -0.2) is 5.43 Å². The molecule has 2 aromatic carbocycles. The van der Waals surface area contributed by atoms with Crippen molar-refractivity contribution in [2.75, 3.05) is 14.2 Å². The van der Waals surface area contributed by atoms with Crippen molar-refractivity contribution in [3.8, 4) is 11.5 Å². The normalized spacial score (nSPS) is 10.6. The summed E-state index contributed by atoms with van der Waals surface area (Å²) in [6.45, 7) is 2.10. The Morgan fingerprint density at radius 3 is 2.33 bits per heavy atom. The van der Waals surface area contributed by atoms with Crippen LogP contribution in [0.5, 0.6) is 11.5 Å². The molecule has 0 heterocycles. The molecule has 0 spiro atoms. The number of carbonyl (C=O) groups excluding carboxylic acids is 1. The third-order valence-electron chi connectivity index (χ3n) is 3.61. The average Bonchev–Trinajstić information content (AvgIpc) is 2.62. The topological polar surface area (TPSA) is 59.9 Å². The molecule has 1 amide bonds. The first-order valence-electron chi connectivity index (χ1n) is 7.78. The molecule has 0 aliphatic carbocycles. The Hall–Kier alpha value is -2.82. The summed E-state index contributed by atoms with van der Waals surface area (Å²) in [5, 5.41) is 3.98. The number of hydrogen-bond acceptors (Lipinski definition) is 4. The highest BCUT2D eigenvalue weighted by atomic mass is 16.5. The standard InChI is InChI=1S/C19H22N2O3/c1-4-14-5-7-15(8-6-14)12-19(22)21-20-13-16-9-10-17(23-2)18(11-16)24-3/h5-11,13H,4,12H2,1-3H3,(H,21,22)/b20-13+. The molecule has 5 nitrogen and oxygen atoms in total. The summed E-state index contributed by atoms with van der Waals surface area (Å²) in [6, 6.07) is 13.4. The Morgan fingerprint density at radius 1 is 1.04 bits per heavy atom. The predicted molar refractivity (Wildman–Crippen MR) is 94.8 cm³/mol. The number of hydrazone groups is 1. The Labute approximate surface area is 142 Å². The number of amides is 1. The molecular weight excluding hydrogens is 304 g/mol. The summed E-state index contributed by atoms with van der Waals surface area (Å²) in [5.74, 6) is 1.11. The lowest BCUT2D eigenvalue weighted by atomic mass is 10.1. The van der Waals surface area contributed by atoms with Crippen LogP contribution < -0.4 is 14.9 Å². The van der Waals surface area contributed by atoms with E-state index in [1.807, 2.05) is 30.3 Å². The van der Waals surface area contributed by atoms with E-state index >= 15 is 0 Å². The molecule has 0 aliphatic rings. The maximum Gasteiger partial charge on any atom is 0.244 e. The van der Waals surface area contributed by atoms with Crippen LogP contribution in [-0.2, 0) is 17.6 Å². The largest absolute Gasteiger partial charge is 0.493 e. The zero-order valence-corrected chi connectivity index (χ0v) is 14.2. The van der Waals surface area contributed by atoms with Crippen LogP contribution in [0, 0.1) is 0 Å². The van der Waals surface area contributed by atoms with Crippen LogP contribution >= 0.6 is 0 Å². The molecule has 0 aliphatic heterocycles. The van der Waals surface area contributed by atoms with Crippen molar-refractivity contribution in [2.45, 2.75) is 19.8 Å². The minimum atomic E-state index is -0.157. The van der Waals surface area contributed by atoms with Crippen LogP contribution in [0.25, 0.3) is 0 Å². The van der Waals surface area contributed by atoms with Crippen LogP contribution in [0.15, 0.2) is 47.6 Å². The van der Waals surface area contributed by atoms with E-state index in [1.54, 1.807) is 32.6 Å². The second-order valence-corrected chi connectivity index (χ2v) is 5.25. The molecule has 2 aromatic rings. The molecule has 1 N–H and O–H groups in total. The third kappa shape index (κ3) is 4.84. The van der Waals surface area contributed by atoms with E-state index in [0.29, 0.717) is 17.9 Å². The molecule has 0 atom stereocenters. The van der Waals surface area contributed by atoms with Crippen molar-refractivity contribution in [1.29, 1.82) is 0 Å². The van der Waals surface area contributed by atoms with Crippen molar-refractivity contribution < 1.29 is 14.3 Å². The summed E-state index contributed by atoms with van der Waals surface area (Å²) in [4.78, 5) is 11.9. The van der Waals surface area contributed by atoms with Gasteiger partial charge in [0.05, 0.1) is 26.9 Å². The van der Waals surface area contributed by atoms with Crippen molar-refractivity contribution in [2.24, 2.45) is 5.10 Å². The van der Waals surface area contributed by atoms with Gasteiger partial charge in [0, 0.05) is 0 Å². The number of ether oxygens (including phenoxy) is 2. The first-order chi connectivity index (χ1) is 11.7. The highest BCUT2D eigenvalue weighted by Gasteiger charge is 2.04. The van der Waals surface area contributed by atoms with Gasteiger partial charge in [-0.2, -0.15) is 5.10 Å². The third-order valence-corrected chi connectivity index (χ3v) is 3.61. The van der Waals surface area contributed by atoms with Crippen LogP contribution in [0.3, 0.4) is 0 Å². The summed E-state index contributed by atoms with van der Waals surface area (Å²) in [5.41, 5.74) is 5.56. The van der Waals surface area contributed by atoms with E-state index in [0.717, 1.165) is 17.5 Å². The zero-order valence-electron chi connectivity index (χ0n) is 14.2. The molecule has 5 heteroatoms. The van der Waals surface area contributed by atoms with E-state index in [4.69, 9.17) is 9.47 Å². The first-order valence-corrected chi connectivity index (χ1v) is 7.78. The zero-order chi connectivity index (χ0) is 17.4. The lowest BCUT2D eigenvalue weighted by Gasteiger charge is -2.07. The number of rotatable bonds is 7. The van der Waals surface area contributed by atoms with Crippen molar-refractivity contribution in [1.82, 2.24) is 5.43 Å². The van der Waals surface area contributed by atoms with E-state index in [-0.39, 0.29) is 5.91 Å². The highest BCUT2D eigenvalue weighted by molar-refractivity contribution is 5.84. The lowest BCUT2D eigenvalue weighted by Crippen LogP contribution is -2.19. The molecule has 0 fully saturated rings. The van der Waals surface area contributed by atoms with Crippen molar-refractivity contribution >= 4 is 12.1 Å². The van der Waals surface area contributed by atoms with Gasteiger partial charge in [0.2, 0.25) is 5.91 Å². The van der Waals surface area contributed by atoms with Crippen LogP contribution in [0.4, 0.5) is 0 Å². The van der Waals surface area contributed by atoms with E-state index in [1.165, 1.54) is 5.56 Å². The summed E-state index contributed by atoms with van der Waals surface area (Å²) >= 11 is 0. The monoisotopic (exact) mass is 326 g/mol. The highest BCUT2D eigenvalue weighted by Crippen LogP contribution is 2.26. The average molecular weight is 326 g/mol. The Morgan fingerprint density at radius 2 is 1.71 bits per heavy atom. The molecule has 126 valence electrons. The number of aryl methyl sites for hydroxylation is 1. The van der Waals surface area contributed by atoms with Gasteiger partial charge < -0.3 is 9.47 Å². The molecular formula is C19H22N2O3. The number of benzene rings is 2. The van der Waals surface area contributed by atoms with Gasteiger partial charge in [0.1, 0.15) is 0 Å². The van der Waals surface area contributed by atoms with E-state index in [2.05, 4.69) is 17.5 Å². The van der Waals surface area contributed by atoms with Gasteiger partial charge in [-0.15, -0.1) is 0 Å². The van der Waals surface area contributed by atoms with Crippen LogP contribution in [-0.4, -0.2) is 26.3 Å². The first kappa shape index (κ1) is 17.5. The smallest absolute Gasteiger partial charge is 0.244 e. The minimum Gasteiger partial charge on any atom is -0.493 e. The Kier molecular flexibility index (Phi) is 6.37. The van der Waals surface area contributed by atoms with Gasteiger partial charge in [-0.1, -0.05) is 31.2 Å². The fourth-order valence-electron chi connectivity index (χ4n) is 2.23. The lowest BCUT2D eigenvalue weighted by molar-refractivity contribution is -0.120. The van der Waals surface area contributed by atoms with Crippen LogP contribution in [0.1, 0.15) is 23.6 Å². The van der Waals surface area contributed by atoms with E-state index < -0.39 is 0 Å². The van der Waals surface area contributed by atoms with Gasteiger partial charge >= 0.3 is 0 Å². The number of nitrogens with zero attached hydrogens (tertiary/aromatic N) is 1. The van der Waals surface area contributed by atoms with E-state index in [9.17, 15) is 4.79 Å². The fraction of sp³-hybridized carbons (Fsp3) is 0.263. The predicted octanol–water partition coefficient (Wildman–Crippen LogP) is 2.96. The van der Waals surface area contributed by atoms with Crippen molar-refractivity contribution in [3.05, 3.63) is 59.2 Å². The SMILES string of the molecule is CCc1ccc(CC(=O)N/N=C/c2ccc(OC)c(OC)c2)cc1. The molecule has 0 bridgehead atoms.